The van der Waals surface area contributed by atoms with Gasteiger partial charge in [0.2, 0.25) is 0 Å². The Balaban J connectivity index is 1.39. The fraction of sp³-hybridized carbons (Fsp3) is 0.556. The number of hydrogen-bond donors (Lipinski definition) is 2. The summed E-state index contributed by atoms with van der Waals surface area (Å²) in [7, 11) is 1.63. The average Bonchev–Trinajstić information content (AvgIpc) is 3.30. The first kappa shape index (κ1) is 16.7. The van der Waals surface area contributed by atoms with Crippen molar-refractivity contribution in [3.05, 3.63) is 47.3 Å². The Morgan fingerprint density at radius 1 is 1.32 bits per heavy atom. The van der Waals surface area contributed by atoms with Gasteiger partial charge in [-0.25, -0.2) is 4.68 Å². The number of ether oxygens (including phenoxy) is 2. The molecule has 4 rings (SSSR count). The third-order valence-electron chi connectivity index (χ3n) is 5.02. The number of aliphatic hydroxyl groups excluding tert-OH is 1. The van der Waals surface area contributed by atoms with E-state index in [4.69, 9.17) is 9.47 Å². The lowest BCUT2D eigenvalue weighted by molar-refractivity contribution is 0.0735. The number of fused-ring (bicyclic) bond motifs is 1. The van der Waals surface area contributed by atoms with Crippen molar-refractivity contribution in [3.8, 4) is 0 Å². The van der Waals surface area contributed by atoms with Crippen LogP contribution in [0.4, 0.5) is 0 Å². The lowest BCUT2D eigenvalue weighted by Gasteiger charge is -2.25. The molecule has 0 radical (unpaired) electrons. The van der Waals surface area contributed by atoms with Crippen LogP contribution in [0.1, 0.15) is 16.8 Å². The van der Waals surface area contributed by atoms with Gasteiger partial charge in [0, 0.05) is 13.2 Å². The van der Waals surface area contributed by atoms with Crippen LogP contribution < -0.4 is 5.32 Å². The molecule has 1 aliphatic carbocycles. The number of hydrogen-bond acceptors (Lipinski definition) is 6. The second-order valence-corrected chi connectivity index (χ2v) is 6.87. The topological polar surface area (TPSA) is 81.4 Å². The van der Waals surface area contributed by atoms with Gasteiger partial charge in [0.25, 0.3) is 0 Å². The highest BCUT2D eigenvalue weighted by atomic mass is 16.5. The molecule has 134 valence electrons. The number of rotatable bonds is 6. The van der Waals surface area contributed by atoms with Crippen LogP contribution in [0.2, 0.25) is 0 Å². The Morgan fingerprint density at radius 3 is 2.80 bits per heavy atom. The first-order valence-corrected chi connectivity index (χ1v) is 8.73. The second kappa shape index (κ2) is 7.21. The summed E-state index contributed by atoms with van der Waals surface area (Å²) in [4.78, 5) is 0. The van der Waals surface area contributed by atoms with E-state index in [0.717, 1.165) is 18.5 Å². The molecule has 2 aromatic rings. The molecule has 25 heavy (non-hydrogen) atoms. The lowest BCUT2D eigenvalue weighted by atomic mass is 10.1. The molecule has 1 aromatic carbocycles. The highest BCUT2D eigenvalue weighted by molar-refractivity contribution is 5.33. The summed E-state index contributed by atoms with van der Waals surface area (Å²) < 4.78 is 12.6. The van der Waals surface area contributed by atoms with Crippen molar-refractivity contribution in [1.29, 1.82) is 0 Å². The van der Waals surface area contributed by atoms with E-state index < -0.39 is 6.10 Å². The predicted octanol–water partition coefficient (Wildman–Crippen LogP) is 0.310. The van der Waals surface area contributed by atoms with Crippen molar-refractivity contribution < 1.29 is 14.6 Å². The minimum absolute atomic E-state index is 0.102. The molecule has 7 nitrogen and oxygen atoms in total. The van der Waals surface area contributed by atoms with Gasteiger partial charge in [0.1, 0.15) is 5.69 Å². The SMILES string of the molecule is COCc1cn(C[C@H]2OC[C@H](O)[C@H]2NC2Cc3ccccc3C2)nn1. The van der Waals surface area contributed by atoms with Gasteiger partial charge < -0.3 is 19.9 Å². The van der Waals surface area contributed by atoms with Crippen LogP contribution in [0.15, 0.2) is 30.5 Å². The maximum atomic E-state index is 10.4. The minimum Gasteiger partial charge on any atom is -0.389 e. The van der Waals surface area contributed by atoms with Crippen LogP contribution in [0.3, 0.4) is 0 Å². The molecule has 1 aromatic heterocycles. The third kappa shape index (κ3) is 3.59. The molecule has 0 spiro atoms. The Kier molecular flexibility index (Phi) is 4.80. The molecule has 1 aliphatic heterocycles. The van der Waals surface area contributed by atoms with Gasteiger partial charge in [-0.2, -0.15) is 0 Å². The molecule has 3 atom stereocenters. The maximum absolute atomic E-state index is 10.4. The van der Waals surface area contributed by atoms with Crippen LogP contribution >= 0.6 is 0 Å². The molecular weight excluding hydrogens is 320 g/mol. The predicted molar refractivity (Wildman–Crippen MR) is 91.0 cm³/mol. The third-order valence-corrected chi connectivity index (χ3v) is 5.02. The van der Waals surface area contributed by atoms with Gasteiger partial charge in [0.05, 0.1) is 44.2 Å². The normalized spacial score (nSPS) is 26.2. The molecule has 1 fully saturated rings. The van der Waals surface area contributed by atoms with E-state index in [2.05, 4.69) is 39.9 Å². The summed E-state index contributed by atoms with van der Waals surface area (Å²) in [6, 6.07) is 8.76. The zero-order chi connectivity index (χ0) is 17.2. The maximum Gasteiger partial charge on any atom is 0.108 e. The lowest BCUT2D eigenvalue weighted by Crippen LogP contribution is -2.50. The zero-order valence-electron chi connectivity index (χ0n) is 14.3. The zero-order valence-corrected chi connectivity index (χ0v) is 14.3. The quantitative estimate of drug-likeness (QED) is 0.785. The van der Waals surface area contributed by atoms with Crippen molar-refractivity contribution in [2.45, 2.75) is 50.3 Å². The molecule has 2 aliphatic rings. The number of methoxy groups -OCH3 is 1. The fourth-order valence-corrected chi connectivity index (χ4v) is 3.84. The summed E-state index contributed by atoms with van der Waals surface area (Å²) in [6.45, 7) is 1.35. The smallest absolute Gasteiger partial charge is 0.108 e. The van der Waals surface area contributed by atoms with E-state index in [1.807, 2.05) is 6.20 Å². The Hall–Kier alpha value is -1.80. The number of nitrogens with one attached hydrogen (secondary N) is 1. The Labute approximate surface area is 146 Å². The molecule has 0 bridgehead atoms. The van der Waals surface area contributed by atoms with E-state index in [1.165, 1.54) is 11.1 Å². The minimum atomic E-state index is -0.504. The fourth-order valence-electron chi connectivity index (χ4n) is 3.84. The molecule has 7 heteroatoms. The molecular formula is C18H24N4O3. The molecule has 0 amide bonds. The second-order valence-electron chi connectivity index (χ2n) is 6.87. The van der Waals surface area contributed by atoms with E-state index in [1.54, 1.807) is 11.8 Å². The number of nitrogens with zero attached hydrogens (tertiary/aromatic N) is 3. The number of aromatic nitrogens is 3. The van der Waals surface area contributed by atoms with Gasteiger partial charge in [-0.05, 0) is 24.0 Å². The average molecular weight is 344 g/mol. The molecule has 1 saturated heterocycles. The van der Waals surface area contributed by atoms with Crippen molar-refractivity contribution in [2.75, 3.05) is 13.7 Å². The van der Waals surface area contributed by atoms with Gasteiger partial charge in [-0.3, -0.25) is 0 Å². The highest BCUT2D eigenvalue weighted by Gasteiger charge is 2.38. The number of benzene rings is 1. The van der Waals surface area contributed by atoms with Crippen LogP contribution in [0, 0.1) is 0 Å². The molecule has 2 N–H and O–H groups in total. The van der Waals surface area contributed by atoms with E-state index in [0.29, 0.717) is 25.8 Å². The standard InChI is InChI=1S/C18H24N4O3/c1-24-10-15-8-22(21-20-15)9-17-18(16(23)11-25-17)19-14-6-12-4-2-3-5-13(12)7-14/h2-5,8,14,16-19,23H,6-7,9-11H2,1H3/t16-,17+,18+/m0/s1. The van der Waals surface area contributed by atoms with Crippen molar-refractivity contribution in [1.82, 2.24) is 20.3 Å². The van der Waals surface area contributed by atoms with E-state index in [-0.39, 0.29) is 12.1 Å². The van der Waals surface area contributed by atoms with E-state index in [9.17, 15) is 5.11 Å². The molecule has 2 heterocycles. The highest BCUT2D eigenvalue weighted by Crippen LogP contribution is 2.24. The summed E-state index contributed by atoms with van der Waals surface area (Å²) in [6.07, 6.45) is 3.22. The summed E-state index contributed by atoms with van der Waals surface area (Å²) in [5.41, 5.74) is 3.58. The number of aliphatic hydroxyl groups is 1. The monoisotopic (exact) mass is 344 g/mol. The molecule has 0 unspecified atom stereocenters. The summed E-state index contributed by atoms with van der Waals surface area (Å²) in [5, 5.41) is 22.2. The van der Waals surface area contributed by atoms with E-state index >= 15 is 0 Å². The van der Waals surface area contributed by atoms with Gasteiger partial charge in [-0.1, -0.05) is 29.5 Å². The van der Waals surface area contributed by atoms with Crippen LogP contribution in [-0.2, 0) is 35.5 Å². The largest absolute Gasteiger partial charge is 0.389 e. The first-order valence-electron chi connectivity index (χ1n) is 8.73. The first-order chi connectivity index (χ1) is 12.2. The van der Waals surface area contributed by atoms with Crippen LogP contribution in [0.5, 0.6) is 0 Å². The van der Waals surface area contributed by atoms with Crippen LogP contribution in [0.25, 0.3) is 0 Å². The Morgan fingerprint density at radius 2 is 2.08 bits per heavy atom. The summed E-state index contributed by atoms with van der Waals surface area (Å²) in [5.74, 6) is 0. The van der Waals surface area contributed by atoms with Crippen LogP contribution in [-0.4, -0.2) is 58.1 Å². The summed E-state index contributed by atoms with van der Waals surface area (Å²) >= 11 is 0. The van der Waals surface area contributed by atoms with Gasteiger partial charge in [-0.15, -0.1) is 5.10 Å². The van der Waals surface area contributed by atoms with Crippen molar-refractivity contribution in [2.24, 2.45) is 0 Å². The van der Waals surface area contributed by atoms with Crippen molar-refractivity contribution in [3.63, 3.8) is 0 Å². The van der Waals surface area contributed by atoms with Gasteiger partial charge in [0.15, 0.2) is 0 Å². The molecule has 0 saturated carbocycles. The van der Waals surface area contributed by atoms with Gasteiger partial charge >= 0.3 is 0 Å². The van der Waals surface area contributed by atoms with Crippen molar-refractivity contribution >= 4 is 0 Å². The Bertz CT molecular complexity index is 695.